The molecule has 21 heavy (non-hydrogen) atoms. The second-order valence-electron chi connectivity index (χ2n) is 4.79. The van der Waals surface area contributed by atoms with Crippen molar-refractivity contribution in [3.8, 4) is 0 Å². The number of hydrogen-bond acceptors (Lipinski definition) is 0. The maximum absolute atomic E-state index is 2.23. The van der Waals surface area contributed by atoms with Gasteiger partial charge in [-0.2, -0.15) is 35.4 Å². The molecule has 118 valence electrons. The van der Waals surface area contributed by atoms with Gasteiger partial charge in [0.1, 0.15) is 0 Å². The average molecular weight is 365 g/mol. The molecule has 0 aromatic heterocycles. The molecule has 0 spiro atoms. The number of halogens is 2. The Morgan fingerprint density at radius 3 is 1.14 bits per heavy atom. The van der Waals surface area contributed by atoms with Gasteiger partial charge < -0.3 is 24.8 Å². The van der Waals surface area contributed by atoms with Crippen LogP contribution >= 0.6 is 0 Å². The Labute approximate surface area is 154 Å². The molecule has 0 unspecified atom stereocenters. The summed E-state index contributed by atoms with van der Waals surface area (Å²) in [4.78, 5) is 0. The van der Waals surface area contributed by atoms with Crippen molar-refractivity contribution in [2.75, 3.05) is 0 Å². The number of unbranched alkanes of at least 4 members (excludes halogenated alkanes) is 2. The summed E-state index contributed by atoms with van der Waals surface area (Å²) in [6.07, 6.45) is 7.75. The number of hydrogen-bond donors (Lipinski definition) is 0. The van der Waals surface area contributed by atoms with Crippen molar-refractivity contribution >= 4 is 0 Å². The molecule has 2 aromatic carbocycles. The van der Waals surface area contributed by atoms with Crippen molar-refractivity contribution in [1.82, 2.24) is 0 Å². The summed E-state index contributed by atoms with van der Waals surface area (Å²) >= 11 is 0. The van der Waals surface area contributed by atoms with Crippen molar-refractivity contribution < 1.29 is 42.2 Å². The predicted octanol–water partition coefficient (Wildman–Crippen LogP) is -0.498. The van der Waals surface area contributed by atoms with E-state index in [4.69, 9.17) is 0 Å². The maximum atomic E-state index is 2.23. The fraction of sp³-hybridized carbons (Fsp3) is 0.444. The third kappa shape index (κ3) is 13.2. The predicted molar refractivity (Wildman–Crippen MR) is 81.3 cm³/mol. The number of rotatable bonds is 6. The van der Waals surface area contributed by atoms with E-state index in [0.29, 0.717) is 0 Å². The first kappa shape index (κ1) is 25.7. The molecule has 0 fully saturated rings. The van der Waals surface area contributed by atoms with Gasteiger partial charge in [-0.15, -0.1) is 0 Å². The summed E-state index contributed by atoms with van der Waals surface area (Å²) in [7, 11) is 0. The van der Waals surface area contributed by atoms with Gasteiger partial charge in [-0.3, -0.25) is 0 Å². The molecule has 2 rings (SSSR count). The topological polar surface area (TPSA) is 0 Å². The van der Waals surface area contributed by atoms with Gasteiger partial charge >= 0.3 is 17.4 Å². The van der Waals surface area contributed by atoms with E-state index in [1.54, 1.807) is 0 Å². The molecule has 0 N–H and O–H groups in total. The van der Waals surface area contributed by atoms with Crippen LogP contribution in [0.3, 0.4) is 0 Å². The smallest absolute Gasteiger partial charge is 1.00 e. The van der Waals surface area contributed by atoms with E-state index in [1.807, 2.05) is 0 Å². The Hall–Kier alpha value is -0.188. The SMILES string of the molecule is CCCC[c-]1cccc1.CCCC[c-]1cccc1.[Cl-].[Cl-].[Cr+4]. The minimum atomic E-state index is 0. The molecule has 0 nitrogen and oxygen atoms in total. The van der Waals surface area contributed by atoms with Gasteiger partial charge in [-0.05, 0) is 0 Å². The van der Waals surface area contributed by atoms with Crippen LogP contribution in [0.2, 0.25) is 0 Å². The minimum Gasteiger partial charge on any atom is -1.00 e. The van der Waals surface area contributed by atoms with Crippen molar-refractivity contribution in [2.24, 2.45) is 0 Å². The molecule has 0 radical (unpaired) electrons. The van der Waals surface area contributed by atoms with E-state index in [9.17, 15) is 0 Å². The van der Waals surface area contributed by atoms with Crippen molar-refractivity contribution in [3.63, 3.8) is 0 Å². The summed E-state index contributed by atoms with van der Waals surface area (Å²) < 4.78 is 0. The van der Waals surface area contributed by atoms with Gasteiger partial charge in [0.15, 0.2) is 0 Å². The monoisotopic (exact) mass is 364 g/mol. The molecule has 0 aliphatic carbocycles. The van der Waals surface area contributed by atoms with Crippen LogP contribution in [-0.4, -0.2) is 0 Å². The molecule has 3 heteroatoms. The normalized spacial score (nSPS) is 8.48. The van der Waals surface area contributed by atoms with Gasteiger partial charge in [-0.25, -0.2) is 24.3 Å². The Bertz CT molecular complexity index is 328. The quantitative estimate of drug-likeness (QED) is 0.606. The zero-order chi connectivity index (χ0) is 13.1. The second kappa shape index (κ2) is 17.9. The van der Waals surface area contributed by atoms with Crippen molar-refractivity contribution in [2.45, 2.75) is 52.4 Å². The first-order chi connectivity index (χ1) is 8.86. The first-order valence-corrected chi connectivity index (χ1v) is 7.28. The largest absolute Gasteiger partial charge is 4.00 e. The maximum Gasteiger partial charge on any atom is 4.00 e. The molecule has 0 aliphatic heterocycles. The van der Waals surface area contributed by atoms with Gasteiger partial charge in [0.2, 0.25) is 0 Å². The average Bonchev–Trinajstić information content (AvgIpc) is 3.07. The van der Waals surface area contributed by atoms with Gasteiger partial charge in [0.25, 0.3) is 0 Å². The van der Waals surface area contributed by atoms with Crippen LogP contribution in [0.25, 0.3) is 0 Å². The van der Waals surface area contributed by atoms with E-state index in [2.05, 4.69) is 62.4 Å². The van der Waals surface area contributed by atoms with E-state index in [-0.39, 0.29) is 42.2 Å². The van der Waals surface area contributed by atoms with Crippen LogP contribution in [0.15, 0.2) is 48.5 Å². The minimum absolute atomic E-state index is 0. The summed E-state index contributed by atoms with van der Waals surface area (Å²) in [6.45, 7) is 4.45. The van der Waals surface area contributed by atoms with Crippen LogP contribution < -0.4 is 24.8 Å². The third-order valence-corrected chi connectivity index (χ3v) is 3.10. The van der Waals surface area contributed by atoms with Crippen molar-refractivity contribution in [3.05, 3.63) is 59.7 Å². The van der Waals surface area contributed by atoms with Crippen LogP contribution in [0.4, 0.5) is 0 Å². The zero-order valence-corrected chi connectivity index (χ0v) is 15.8. The van der Waals surface area contributed by atoms with E-state index >= 15 is 0 Å². The fourth-order valence-corrected chi connectivity index (χ4v) is 1.92. The Morgan fingerprint density at radius 1 is 0.619 bits per heavy atom. The Kier molecular flexibility index (Phi) is 21.9. The first-order valence-electron chi connectivity index (χ1n) is 7.28. The molecule has 0 atom stereocenters. The molecular weight excluding hydrogens is 339 g/mol. The summed E-state index contributed by atoms with van der Waals surface area (Å²) in [6, 6.07) is 17.2. The van der Waals surface area contributed by atoms with Gasteiger partial charge in [0.05, 0.1) is 0 Å². The van der Waals surface area contributed by atoms with E-state index in [0.717, 1.165) is 0 Å². The Balaban J connectivity index is -0.000000270. The standard InChI is InChI=1S/2C9H13.2ClH.Cr/c2*1-2-3-6-9-7-4-5-8-9;;;/h2*4-5,7-8H,2-3,6H2,1H3;2*1H;/q2*-1;;;+4/p-2. The van der Waals surface area contributed by atoms with Crippen LogP contribution in [0, 0.1) is 0 Å². The van der Waals surface area contributed by atoms with Gasteiger partial charge in [0, 0.05) is 0 Å². The number of aryl methyl sites for hydroxylation is 2. The molecular formula is C18H26Cl2Cr. The fourth-order valence-electron chi connectivity index (χ4n) is 1.92. The molecule has 0 saturated carbocycles. The van der Waals surface area contributed by atoms with Crippen LogP contribution in [0.5, 0.6) is 0 Å². The molecule has 2 aromatic rings. The molecule has 0 saturated heterocycles. The van der Waals surface area contributed by atoms with Crippen LogP contribution in [-0.2, 0) is 30.2 Å². The molecule has 0 heterocycles. The Morgan fingerprint density at radius 2 is 0.905 bits per heavy atom. The third-order valence-electron chi connectivity index (χ3n) is 3.10. The summed E-state index contributed by atoms with van der Waals surface area (Å²) in [5.41, 5.74) is 2.97. The summed E-state index contributed by atoms with van der Waals surface area (Å²) in [5, 5.41) is 0. The molecule has 0 amide bonds. The molecule has 0 aliphatic rings. The van der Waals surface area contributed by atoms with Crippen molar-refractivity contribution in [1.29, 1.82) is 0 Å². The summed E-state index contributed by atoms with van der Waals surface area (Å²) in [5.74, 6) is 0. The molecule has 0 bridgehead atoms. The van der Waals surface area contributed by atoms with E-state index < -0.39 is 0 Å². The van der Waals surface area contributed by atoms with Gasteiger partial charge in [-0.1, -0.05) is 52.4 Å². The van der Waals surface area contributed by atoms with E-state index in [1.165, 1.54) is 49.7 Å². The zero-order valence-electron chi connectivity index (χ0n) is 13.0. The van der Waals surface area contributed by atoms with Crippen LogP contribution in [0.1, 0.15) is 50.7 Å². The second-order valence-corrected chi connectivity index (χ2v) is 4.79.